The standard InChI is InChI=1S/C32H47N7O2/c33-19-22-40-24-25-41-23-21-35-31-37-30(38-32(39-31)36-28-16-10-2-1-3-11-17-28)34-20-18-29(26-12-6-4-7-13-26)27-14-8-5-9-15-27/h4-9,12-15,28-29H,1-3,10-11,16-25,33H2,(H3,34,35,36,37,38,39). The molecule has 1 saturated carbocycles. The summed E-state index contributed by atoms with van der Waals surface area (Å²) in [6.07, 6.45) is 9.63. The van der Waals surface area contributed by atoms with E-state index < -0.39 is 0 Å². The molecule has 1 fully saturated rings. The first kappa shape index (κ1) is 30.7. The van der Waals surface area contributed by atoms with Gasteiger partial charge in [-0.2, -0.15) is 15.0 Å². The Morgan fingerprint density at radius 1 is 0.659 bits per heavy atom. The minimum absolute atomic E-state index is 0.280. The first-order valence-corrected chi connectivity index (χ1v) is 15.3. The van der Waals surface area contributed by atoms with Gasteiger partial charge in [-0.25, -0.2) is 0 Å². The molecule has 1 heterocycles. The average molecular weight is 562 g/mol. The molecule has 9 heteroatoms. The van der Waals surface area contributed by atoms with Crippen LogP contribution >= 0.6 is 0 Å². The zero-order valence-corrected chi connectivity index (χ0v) is 24.3. The second-order valence-electron chi connectivity index (χ2n) is 10.5. The molecule has 0 aliphatic heterocycles. The van der Waals surface area contributed by atoms with E-state index in [1.165, 1.54) is 43.2 Å². The summed E-state index contributed by atoms with van der Waals surface area (Å²) in [4.78, 5) is 14.1. The minimum Gasteiger partial charge on any atom is -0.378 e. The first-order chi connectivity index (χ1) is 20.3. The zero-order valence-electron chi connectivity index (χ0n) is 24.3. The number of aromatic nitrogens is 3. The van der Waals surface area contributed by atoms with E-state index in [4.69, 9.17) is 25.2 Å². The summed E-state index contributed by atoms with van der Waals surface area (Å²) in [5.41, 5.74) is 8.06. The fraction of sp³-hybridized carbons (Fsp3) is 0.531. The minimum atomic E-state index is 0.280. The highest BCUT2D eigenvalue weighted by Crippen LogP contribution is 2.28. The van der Waals surface area contributed by atoms with Crippen LogP contribution in [0.5, 0.6) is 0 Å². The highest BCUT2D eigenvalue weighted by atomic mass is 16.5. The summed E-state index contributed by atoms with van der Waals surface area (Å²) < 4.78 is 11.0. The topological polar surface area (TPSA) is 119 Å². The Labute approximate surface area is 245 Å². The van der Waals surface area contributed by atoms with Gasteiger partial charge < -0.3 is 31.2 Å². The quantitative estimate of drug-likeness (QED) is 0.160. The Kier molecular flexibility index (Phi) is 13.6. The third-order valence-electron chi connectivity index (χ3n) is 7.36. The van der Waals surface area contributed by atoms with Crippen LogP contribution in [-0.2, 0) is 9.47 Å². The maximum Gasteiger partial charge on any atom is 0.229 e. The van der Waals surface area contributed by atoms with Gasteiger partial charge in [0.15, 0.2) is 0 Å². The maximum absolute atomic E-state index is 5.65. The third kappa shape index (κ3) is 11.3. The molecule has 1 aliphatic rings. The molecule has 222 valence electrons. The van der Waals surface area contributed by atoms with Crippen LogP contribution in [0.15, 0.2) is 60.7 Å². The number of anilines is 3. The number of ether oxygens (including phenoxy) is 2. The van der Waals surface area contributed by atoms with Crippen LogP contribution in [-0.4, -0.2) is 67.1 Å². The van der Waals surface area contributed by atoms with Crippen molar-refractivity contribution in [2.45, 2.75) is 63.3 Å². The molecule has 0 unspecified atom stereocenters. The van der Waals surface area contributed by atoms with Gasteiger partial charge in [0.2, 0.25) is 17.8 Å². The van der Waals surface area contributed by atoms with Gasteiger partial charge in [0.1, 0.15) is 0 Å². The Balaban J connectivity index is 1.38. The van der Waals surface area contributed by atoms with Crippen molar-refractivity contribution in [3.63, 3.8) is 0 Å². The molecule has 0 amide bonds. The predicted octanol–water partition coefficient (Wildman–Crippen LogP) is 5.43. The molecule has 1 aromatic heterocycles. The summed E-state index contributed by atoms with van der Waals surface area (Å²) in [7, 11) is 0. The highest BCUT2D eigenvalue weighted by Gasteiger charge is 2.16. The second kappa shape index (κ2) is 18.2. The number of rotatable bonds is 17. The molecular weight excluding hydrogens is 514 g/mol. The van der Waals surface area contributed by atoms with Crippen molar-refractivity contribution in [1.29, 1.82) is 0 Å². The molecule has 1 aliphatic carbocycles. The van der Waals surface area contributed by atoms with E-state index in [0.717, 1.165) is 25.8 Å². The fourth-order valence-corrected chi connectivity index (χ4v) is 5.25. The number of benzene rings is 2. The van der Waals surface area contributed by atoms with E-state index in [-0.39, 0.29) is 5.92 Å². The molecule has 3 aromatic rings. The number of nitrogens with one attached hydrogen (secondary N) is 3. The molecule has 9 nitrogen and oxygen atoms in total. The van der Waals surface area contributed by atoms with Crippen molar-refractivity contribution >= 4 is 17.8 Å². The molecule has 0 radical (unpaired) electrons. The van der Waals surface area contributed by atoms with Crippen LogP contribution in [0.3, 0.4) is 0 Å². The summed E-state index contributed by atoms with van der Waals surface area (Å²) in [5, 5.41) is 10.4. The van der Waals surface area contributed by atoms with Crippen molar-refractivity contribution in [2.75, 3.05) is 62.0 Å². The summed E-state index contributed by atoms with van der Waals surface area (Å²) >= 11 is 0. The predicted molar refractivity (Wildman–Crippen MR) is 167 cm³/mol. The van der Waals surface area contributed by atoms with E-state index in [1.807, 2.05) is 0 Å². The van der Waals surface area contributed by atoms with Crippen LogP contribution in [0.4, 0.5) is 17.8 Å². The number of hydrogen-bond donors (Lipinski definition) is 4. The Bertz CT molecular complexity index is 1060. The van der Waals surface area contributed by atoms with Gasteiger partial charge >= 0.3 is 0 Å². The van der Waals surface area contributed by atoms with Crippen molar-refractivity contribution in [1.82, 2.24) is 15.0 Å². The van der Waals surface area contributed by atoms with Gasteiger partial charge in [-0.1, -0.05) is 92.8 Å². The zero-order chi connectivity index (χ0) is 28.4. The van der Waals surface area contributed by atoms with Crippen LogP contribution < -0.4 is 21.7 Å². The van der Waals surface area contributed by atoms with Crippen molar-refractivity contribution in [3.05, 3.63) is 71.8 Å². The lowest BCUT2D eigenvalue weighted by molar-refractivity contribution is 0.0547. The van der Waals surface area contributed by atoms with E-state index >= 15 is 0 Å². The molecular formula is C32H47N7O2. The number of nitrogens with zero attached hydrogens (tertiary/aromatic N) is 3. The van der Waals surface area contributed by atoms with Crippen molar-refractivity contribution < 1.29 is 9.47 Å². The molecule has 0 saturated heterocycles. The third-order valence-corrected chi connectivity index (χ3v) is 7.36. The van der Waals surface area contributed by atoms with Crippen molar-refractivity contribution in [2.24, 2.45) is 5.73 Å². The van der Waals surface area contributed by atoms with Gasteiger partial charge in [0.25, 0.3) is 0 Å². The Hall–Kier alpha value is -3.27. The fourth-order valence-electron chi connectivity index (χ4n) is 5.25. The SMILES string of the molecule is NCCOCCOCCNc1nc(NCCC(c2ccccc2)c2ccccc2)nc(NC2CCCCCCC2)n1. The molecule has 4 rings (SSSR count). The van der Waals surface area contributed by atoms with Crippen LogP contribution in [0.2, 0.25) is 0 Å². The molecule has 41 heavy (non-hydrogen) atoms. The summed E-state index contributed by atoms with van der Waals surface area (Å²) in [6, 6.07) is 21.7. The van der Waals surface area contributed by atoms with Crippen LogP contribution in [0.1, 0.15) is 68.4 Å². The lowest BCUT2D eigenvalue weighted by Gasteiger charge is -2.22. The van der Waals surface area contributed by atoms with E-state index in [2.05, 4.69) is 81.6 Å². The second-order valence-corrected chi connectivity index (χ2v) is 10.5. The van der Waals surface area contributed by atoms with Gasteiger partial charge in [-0.05, 0) is 30.4 Å². The number of hydrogen-bond acceptors (Lipinski definition) is 9. The van der Waals surface area contributed by atoms with Crippen LogP contribution in [0, 0.1) is 0 Å². The van der Waals surface area contributed by atoms with Gasteiger partial charge in [0, 0.05) is 31.6 Å². The van der Waals surface area contributed by atoms with E-state index in [1.54, 1.807) is 0 Å². The summed E-state index contributed by atoms with van der Waals surface area (Å²) in [6.45, 7) is 4.00. The lowest BCUT2D eigenvalue weighted by atomic mass is 9.88. The summed E-state index contributed by atoms with van der Waals surface area (Å²) in [5.74, 6) is 2.02. The Morgan fingerprint density at radius 2 is 1.20 bits per heavy atom. The Morgan fingerprint density at radius 3 is 1.80 bits per heavy atom. The largest absolute Gasteiger partial charge is 0.378 e. The van der Waals surface area contributed by atoms with E-state index in [9.17, 15) is 0 Å². The monoisotopic (exact) mass is 561 g/mol. The van der Waals surface area contributed by atoms with Gasteiger partial charge in [-0.15, -0.1) is 0 Å². The molecule has 0 bridgehead atoms. The lowest BCUT2D eigenvalue weighted by Crippen LogP contribution is -2.23. The molecule has 0 atom stereocenters. The van der Waals surface area contributed by atoms with E-state index in [0.29, 0.717) is 63.4 Å². The van der Waals surface area contributed by atoms with Gasteiger partial charge in [-0.3, -0.25) is 0 Å². The first-order valence-electron chi connectivity index (χ1n) is 15.3. The maximum atomic E-state index is 5.65. The number of nitrogens with two attached hydrogens (primary N) is 1. The molecule has 2 aromatic carbocycles. The molecule has 0 spiro atoms. The van der Waals surface area contributed by atoms with Crippen LogP contribution in [0.25, 0.3) is 0 Å². The normalized spacial score (nSPS) is 14.4. The highest BCUT2D eigenvalue weighted by molar-refractivity contribution is 5.43. The van der Waals surface area contributed by atoms with Gasteiger partial charge in [0.05, 0.1) is 26.4 Å². The van der Waals surface area contributed by atoms with Crippen molar-refractivity contribution in [3.8, 4) is 0 Å². The molecule has 5 N–H and O–H groups in total. The average Bonchev–Trinajstić information content (AvgIpc) is 2.99. The smallest absolute Gasteiger partial charge is 0.229 e.